The first-order chi connectivity index (χ1) is 11.1. The molecule has 1 saturated heterocycles. The van der Waals surface area contributed by atoms with Crippen molar-refractivity contribution in [3.05, 3.63) is 27.1 Å². The molecule has 23 heavy (non-hydrogen) atoms. The number of carbonyl (C=O) groups is 1. The van der Waals surface area contributed by atoms with Gasteiger partial charge in [0.25, 0.3) is 11.5 Å². The van der Waals surface area contributed by atoms with E-state index in [4.69, 9.17) is 0 Å². The van der Waals surface area contributed by atoms with Gasteiger partial charge in [-0.15, -0.1) is 11.3 Å². The second-order valence-electron chi connectivity index (χ2n) is 5.88. The standard InChI is InChI=1S/C16H22N4O2S/c1-3-4-7-20-10-18-14-12(15(20)21)11(2)13(23-14)16(22)19-8-5-17-6-9-19/h10,17H,3-9H2,1-2H3. The third kappa shape index (κ3) is 3.03. The van der Waals surface area contributed by atoms with Crippen molar-refractivity contribution < 1.29 is 4.79 Å². The Hall–Kier alpha value is -1.73. The summed E-state index contributed by atoms with van der Waals surface area (Å²) in [6.45, 7) is 7.68. The van der Waals surface area contributed by atoms with Crippen molar-refractivity contribution in [1.29, 1.82) is 0 Å². The van der Waals surface area contributed by atoms with Crippen molar-refractivity contribution in [1.82, 2.24) is 19.8 Å². The number of carbonyl (C=O) groups excluding carboxylic acids is 1. The normalized spacial score (nSPS) is 15.3. The number of amides is 1. The lowest BCUT2D eigenvalue weighted by Crippen LogP contribution is -2.46. The molecule has 1 fully saturated rings. The summed E-state index contributed by atoms with van der Waals surface area (Å²) >= 11 is 1.34. The molecule has 0 radical (unpaired) electrons. The van der Waals surface area contributed by atoms with Crippen LogP contribution in [0.25, 0.3) is 10.2 Å². The number of nitrogens with zero attached hydrogens (tertiary/aromatic N) is 3. The number of piperazine rings is 1. The van der Waals surface area contributed by atoms with Gasteiger partial charge in [0.2, 0.25) is 0 Å². The van der Waals surface area contributed by atoms with Crippen molar-refractivity contribution in [2.24, 2.45) is 0 Å². The first-order valence-corrected chi connectivity index (χ1v) is 8.93. The van der Waals surface area contributed by atoms with Crippen LogP contribution in [0.3, 0.4) is 0 Å². The minimum absolute atomic E-state index is 0.0199. The Balaban J connectivity index is 1.99. The highest BCUT2D eigenvalue weighted by atomic mass is 32.1. The zero-order chi connectivity index (χ0) is 16.4. The summed E-state index contributed by atoms with van der Waals surface area (Å²) in [4.78, 5) is 33.0. The third-order valence-corrected chi connectivity index (χ3v) is 5.46. The van der Waals surface area contributed by atoms with Crippen molar-refractivity contribution in [2.45, 2.75) is 33.2 Å². The van der Waals surface area contributed by atoms with Gasteiger partial charge in [0.1, 0.15) is 4.83 Å². The molecular formula is C16H22N4O2S. The molecule has 1 N–H and O–H groups in total. The van der Waals surface area contributed by atoms with Gasteiger partial charge in [-0.1, -0.05) is 13.3 Å². The van der Waals surface area contributed by atoms with Crippen LogP contribution in [-0.4, -0.2) is 46.5 Å². The SMILES string of the molecule is CCCCn1cnc2sc(C(=O)N3CCNCC3)c(C)c2c1=O. The Morgan fingerprint density at radius 2 is 2.13 bits per heavy atom. The Labute approximate surface area is 139 Å². The molecule has 0 aliphatic carbocycles. The summed E-state index contributed by atoms with van der Waals surface area (Å²) in [5, 5.41) is 3.85. The Bertz CT molecular complexity index is 774. The van der Waals surface area contributed by atoms with E-state index in [9.17, 15) is 9.59 Å². The van der Waals surface area contributed by atoms with Crippen LogP contribution in [0.2, 0.25) is 0 Å². The molecule has 0 spiro atoms. The van der Waals surface area contributed by atoms with Crippen LogP contribution >= 0.6 is 11.3 Å². The van der Waals surface area contributed by atoms with Crippen LogP contribution < -0.4 is 10.9 Å². The number of fused-ring (bicyclic) bond motifs is 1. The van der Waals surface area contributed by atoms with Crippen LogP contribution in [0.4, 0.5) is 0 Å². The summed E-state index contributed by atoms with van der Waals surface area (Å²) in [7, 11) is 0. The molecule has 0 saturated carbocycles. The molecular weight excluding hydrogens is 312 g/mol. The lowest BCUT2D eigenvalue weighted by Gasteiger charge is -2.27. The molecule has 1 amide bonds. The van der Waals surface area contributed by atoms with Gasteiger partial charge in [0.15, 0.2) is 0 Å². The van der Waals surface area contributed by atoms with Gasteiger partial charge in [-0.05, 0) is 18.9 Å². The van der Waals surface area contributed by atoms with Gasteiger partial charge < -0.3 is 10.2 Å². The minimum Gasteiger partial charge on any atom is -0.335 e. The van der Waals surface area contributed by atoms with Crippen molar-refractivity contribution >= 4 is 27.5 Å². The predicted octanol–water partition coefficient (Wildman–Crippen LogP) is 1.61. The zero-order valence-corrected chi connectivity index (χ0v) is 14.4. The molecule has 7 heteroatoms. The highest BCUT2D eigenvalue weighted by Gasteiger charge is 2.24. The van der Waals surface area contributed by atoms with Gasteiger partial charge in [0, 0.05) is 32.7 Å². The van der Waals surface area contributed by atoms with Crippen LogP contribution in [-0.2, 0) is 6.54 Å². The zero-order valence-electron chi connectivity index (χ0n) is 13.6. The van der Waals surface area contributed by atoms with Crippen molar-refractivity contribution in [3.63, 3.8) is 0 Å². The number of rotatable bonds is 4. The van der Waals surface area contributed by atoms with Crippen LogP contribution in [0.5, 0.6) is 0 Å². The number of aryl methyl sites for hydroxylation is 2. The average molecular weight is 334 g/mol. The second-order valence-corrected chi connectivity index (χ2v) is 6.87. The van der Waals surface area contributed by atoms with E-state index in [0.717, 1.165) is 31.5 Å². The molecule has 124 valence electrons. The van der Waals surface area contributed by atoms with E-state index in [-0.39, 0.29) is 11.5 Å². The molecule has 0 atom stereocenters. The summed E-state index contributed by atoms with van der Waals surface area (Å²) in [6, 6.07) is 0. The fraction of sp³-hybridized carbons (Fsp3) is 0.562. The van der Waals surface area contributed by atoms with Gasteiger partial charge in [-0.3, -0.25) is 14.2 Å². The van der Waals surface area contributed by atoms with E-state index in [2.05, 4.69) is 17.2 Å². The summed E-state index contributed by atoms with van der Waals surface area (Å²) in [5.41, 5.74) is 0.744. The van der Waals surface area contributed by atoms with E-state index < -0.39 is 0 Å². The number of unbranched alkanes of at least 4 members (excludes halogenated alkanes) is 1. The number of hydrogen-bond acceptors (Lipinski definition) is 5. The maximum atomic E-state index is 12.7. The van der Waals surface area contributed by atoms with Gasteiger partial charge >= 0.3 is 0 Å². The van der Waals surface area contributed by atoms with Crippen LogP contribution in [0, 0.1) is 6.92 Å². The molecule has 2 aromatic rings. The molecule has 6 nitrogen and oxygen atoms in total. The second kappa shape index (κ2) is 6.80. The number of aromatic nitrogens is 2. The maximum absolute atomic E-state index is 12.7. The summed E-state index contributed by atoms with van der Waals surface area (Å²) in [5.74, 6) is 0.0199. The lowest BCUT2D eigenvalue weighted by atomic mass is 10.2. The number of nitrogens with one attached hydrogen (secondary N) is 1. The molecule has 1 aliphatic rings. The minimum atomic E-state index is -0.0310. The molecule has 3 rings (SSSR count). The molecule has 0 bridgehead atoms. The van der Waals surface area contributed by atoms with Gasteiger partial charge in [-0.25, -0.2) is 4.98 Å². The van der Waals surface area contributed by atoms with E-state index >= 15 is 0 Å². The highest BCUT2D eigenvalue weighted by molar-refractivity contribution is 7.20. The first-order valence-electron chi connectivity index (χ1n) is 8.12. The number of thiophene rings is 1. The average Bonchev–Trinajstić information content (AvgIpc) is 2.92. The smallest absolute Gasteiger partial charge is 0.264 e. The van der Waals surface area contributed by atoms with E-state index in [1.54, 1.807) is 10.9 Å². The largest absolute Gasteiger partial charge is 0.335 e. The van der Waals surface area contributed by atoms with Gasteiger partial charge in [0.05, 0.1) is 16.6 Å². The van der Waals surface area contributed by atoms with Crippen molar-refractivity contribution in [3.8, 4) is 0 Å². The van der Waals surface area contributed by atoms with Crippen molar-refractivity contribution in [2.75, 3.05) is 26.2 Å². The Kier molecular flexibility index (Phi) is 4.77. The Morgan fingerprint density at radius 1 is 1.39 bits per heavy atom. The quantitative estimate of drug-likeness (QED) is 0.922. The van der Waals surface area contributed by atoms with Crippen LogP contribution in [0.1, 0.15) is 35.0 Å². The molecule has 0 aromatic carbocycles. The molecule has 3 heterocycles. The van der Waals surface area contributed by atoms with E-state index in [0.29, 0.717) is 34.7 Å². The number of hydrogen-bond donors (Lipinski definition) is 1. The molecule has 1 aliphatic heterocycles. The fourth-order valence-electron chi connectivity index (χ4n) is 2.86. The Morgan fingerprint density at radius 3 is 2.83 bits per heavy atom. The first kappa shape index (κ1) is 16.1. The fourth-order valence-corrected chi connectivity index (χ4v) is 3.97. The lowest BCUT2D eigenvalue weighted by molar-refractivity contribution is 0.0740. The monoisotopic (exact) mass is 334 g/mol. The predicted molar refractivity (Wildman–Crippen MR) is 92.3 cm³/mol. The van der Waals surface area contributed by atoms with E-state index in [1.807, 2.05) is 11.8 Å². The van der Waals surface area contributed by atoms with Gasteiger partial charge in [-0.2, -0.15) is 0 Å². The summed E-state index contributed by atoms with van der Waals surface area (Å²) in [6.07, 6.45) is 3.58. The van der Waals surface area contributed by atoms with Crippen LogP contribution in [0.15, 0.2) is 11.1 Å². The third-order valence-electron chi connectivity index (χ3n) is 4.27. The topological polar surface area (TPSA) is 67.2 Å². The maximum Gasteiger partial charge on any atom is 0.264 e. The molecule has 2 aromatic heterocycles. The van der Waals surface area contributed by atoms with E-state index in [1.165, 1.54) is 11.3 Å². The summed E-state index contributed by atoms with van der Waals surface area (Å²) < 4.78 is 1.66. The highest BCUT2D eigenvalue weighted by Crippen LogP contribution is 2.28. The molecule has 0 unspecified atom stereocenters.